The van der Waals surface area contributed by atoms with Crippen LogP contribution in [0.5, 0.6) is 0 Å². The van der Waals surface area contributed by atoms with Gasteiger partial charge in [-0.05, 0) is 58.7 Å². The number of sulfonamides is 1. The molecule has 0 aliphatic heterocycles. The van der Waals surface area contributed by atoms with Crippen LogP contribution in [-0.2, 0) is 26.2 Å². The zero-order valence-electron chi connectivity index (χ0n) is 21.3. The van der Waals surface area contributed by atoms with Crippen LogP contribution in [0.15, 0.2) is 48.5 Å². The van der Waals surface area contributed by atoms with Crippen LogP contribution in [-0.4, -0.2) is 49.5 Å². The maximum absolute atomic E-state index is 14.3. The molecule has 0 bridgehead atoms. The Morgan fingerprint density at radius 3 is 2.20 bits per heavy atom. The summed E-state index contributed by atoms with van der Waals surface area (Å²) >= 11 is 0. The number of carbonyl (C=O) groups is 2. The Bertz CT molecular complexity index is 1130. The molecule has 2 amide bonds. The first-order chi connectivity index (χ1) is 16.2. The van der Waals surface area contributed by atoms with Gasteiger partial charge in [-0.3, -0.25) is 13.9 Å². The lowest BCUT2D eigenvalue weighted by Gasteiger charge is -2.32. The fraction of sp³-hybridized carbons (Fsp3) is 0.462. The number of hydrogen-bond acceptors (Lipinski definition) is 4. The summed E-state index contributed by atoms with van der Waals surface area (Å²) in [5.41, 5.74) is 1.44. The molecule has 0 heterocycles. The smallest absolute Gasteiger partial charge is 0.242 e. The lowest BCUT2D eigenvalue weighted by atomic mass is 10.1. The SMILES string of the molecule is Cc1ccc(CN(C(=O)CCCN(c2ccccc2F)S(C)(=O)=O)[C@@H](C)C(=O)NC(C)(C)C)cc1. The molecule has 0 radical (unpaired) electrons. The molecule has 9 heteroatoms. The van der Waals surface area contributed by atoms with Gasteiger partial charge < -0.3 is 10.2 Å². The Balaban J connectivity index is 2.19. The summed E-state index contributed by atoms with van der Waals surface area (Å²) in [6, 6.07) is 12.6. The van der Waals surface area contributed by atoms with E-state index in [1.54, 1.807) is 13.0 Å². The Morgan fingerprint density at radius 1 is 1.06 bits per heavy atom. The second-order valence-corrected chi connectivity index (χ2v) is 11.7. The molecular formula is C26H36FN3O4S. The van der Waals surface area contributed by atoms with Crippen molar-refractivity contribution in [3.63, 3.8) is 0 Å². The summed E-state index contributed by atoms with van der Waals surface area (Å²) < 4.78 is 39.8. The van der Waals surface area contributed by atoms with E-state index in [1.165, 1.54) is 23.1 Å². The van der Waals surface area contributed by atoms with Gasteiger partial charge in [0.05, 0.1) is 11.9 Å². The molecule has 0 saturated heterocycles. The Hall–Kier alpha value is -2.94. The van der Waals surface area contributed by atoms with E-state index < -0.39 is 27.4 Å². The third-order valence-electron chi connectivity index (χ3n) is 5.41. The van der Waals surface area contributed by atoms with Crippen molar-refractivity contribution in [2.75, 3.05) is 17.1 Å². The van der Waals surface area contributed by atoms with Crippen molar-refractivity contribution in [1.29, 1.82) is 0 Å². The number of carbonyl (C=O) groups excluding carboxylic acids is 2. The zero-order valence-corrected chi connectivity index (χ0v) is 22.2. The van der Waals surface area contributed by atoms with E-state index in [1.807, 2.05) is 52.0 Å². The first kappa shape index (κ1) is 28.3. The number of anilines is 1. The average Bonchev–Trinajstić information content (AvgIpc) is 2.74. The van der Waals surface area contributed by atoms with Crippen molar-refractivity contribution in [3.05, 3.63) is 65.5 Å². The fourth-order valence-electron chi connectivity index (χ4n) is 3.58. The average molecular weight is 506 g/mol. The number of nitrogens with one attached hydrogen (secondary N) is 1. The van der Waals surface area contributed by atoms with Gasteiger partial charge in [0.1, 0.15) is 11.9 Å². The summed E-state index contributed by atoms with van der Waals surface area (Å²) in [5, 5.41) is 2.91. The summed E-state index contributed by atoms with van der Waals surface area (Å²) in [4.78, 5) is 27.6. The van der Waals surface area contributed by atoms with E-state index in [0.717, 1.165) is 21.7 Å². The molecule has 0 aromatic heterocycles. The van der Waals surface area contributed by atoms with Crippen LogP contribution in [0.3, 0.4) is 0 Å². The zero-order chi connectivity index (χ0) is 26.4. The molecule has 0 spiro atoms. The van der Waals surface area contributed by atoms with Gasteiger partial charge in [0.25, 0.3) is 0 Å². The van der Waals surface area contributed by atoms with Gasteiger partial charge in [-0.25, -0.2) is 12.8 Å². The molecule has 2 rings (SSSR count). The number of hydrogen-bond donors (Lipinski definition) is 1. The highest BCUT2D eigenvalue weighted by molar-refractivity contribution is 7.92. The van der Waals surface area contributed by atoms with E-state index >= 15 is 0 Å². The van der Waals surface area contributed by atoms with Crippen LogP contribution >= 0.6 is 0 Å². The highest BCUT2D eigenvalue weighted by atomic mass is 32.2. The number of nitrogens with zero attached hydrogens (tertiary/aromatic N) is 2. The van der Waals surface area contributed by atoms with Crippen molar-refractivity contribution in [1.82, 2.24) is 10.2 Å². The van der Waals surface area contributed by atoms with Gasteiger partial charge in [-0.15, -0.1) is 0 Å². The number of rotatable bonds is 10. The largest absolute Gasteiger partial charge is 0.350 e. The lowest BCUT2D eigenvalue weighted by Crippen LogP contribution is -2.52. The number of halogens is 1. The predicted molar refractivity (Wildman–Crippen MR) is 137 cm³/mol. The highest BCUT2D eigenvalue weighted by Crippen LogP contribution is 2.22. The molecule has 0 unspecified atom stereocenters. The summed E-state index contributed by atoms with van der Waals surface area (Å²) in [7, 11) is -3.76. The Morgan fingerprint density at radius 2 is 1.66 bits per heavy atom. The normalized spacial score (nSPS) is 12.7. The number of benzene rings is 2. The minimum Gasteiger partial charge on any atom is -0.350 e. The van der Waals surface area contributed by atoms with Crippen molar-refractivity contribution < 1.29 is 22.4 Å². The first-order valence-electron chi connectivity index (χ1n) is 11.6. The van der Waals surface area contributed by atoms with Crippen molar-refractivity contribution in [2.45, 2.75) is 65.6 Å². The highest BCUT2D eigenvalue weighted by Gasteiger charge is 2.29. The van der Waals surface area contributed by atoms with Gasteiger partial charge in [0.15, 0.2) is 0 Å². The molecule has 0 aliphatic rings. The predicted octanol–water partition coefficient (Wildman–Crippen LogP) is 4.01. The fourth-order valence-corrected chi connectivity index (χ4v) is 4.55. The van der Waals surface area contributed by atoms with E-state index in [9.17, 15) is 22.4 Å². The maximum atomic E-state index is 14.3. The number of amides is 2. The number of para-hydroxylation sites is 1. The molecular weight excluding hydrogens is 469 g/mol. The molecule has 0 aliphatic carbocycles. The molecule has 0 saturated carbocycles. The minimum absolute atomic E-state index is 0.000524. The van der Waals surface area contributed by atoms with Gasteiger partial charge in [0.2, 0.25) is 21.8 Å². The molecule has 1 atom stereocenters. The van der Waals surface area contributed by atoms with Gasteiger partial charge in [0, 0.05) is 25.0 Å². The molecule has 7 nitrogen and oxygen atoms in total. The van der Waals surface area contributed by atoms with E-state index in [4.69, 9.17) is 0 Å². The van der Waals surface area contributed by atoms with E-state index in [-0.39, 0.29) is 43.4 Å². The first-order valence-corrected chi connectivity index (χ1v) is 13.4. The summed E-state index contributed by atoms with van der Waals surface area (Å²) in [5.74, 6) is -1.22. The van der Waals surface area contributed by atoms with Crippen LogP contribution in [0, 0.1) is 12.7 Å². The van der Waals surface area contributed by atoms with Gasteiger partial charge in [-0.2, -0.15) is 0 Å². The van der Waals surface area contributed by atoms with Crippen molar-refractivity contribution in [2.24, 2.45) is 0 Å². The topological polar surface area (TPSA) is 86.8 Å². The third kappa shape index (κ3) is 8.65. The van der Waals surface area contributed by atoms with Gasteiger partial charge >= 0.3 is 0 Å². The summed E-state index contributed by atoms with van der Waals surface area (Å²) in [6.07, 6.45) is 1.17. The quantitative estimate of drug-likeness (QED) is 0.529. The lowest BCUT2D eigenvalue weighted by molar-refractivity contribution is -0.141. The second-order valence-electron chi connectivity index (χ2n) is 9.81. The second kappa shape index (κ2) is 11.7. The Kier molecular flexibility index (Phi) is 9.43. The number of aryl methyl sites for hydroxylation is 1. The molecule has 0 fully saturated rings. The van der Waals surface area contributed by atoms with Gasteiger partial charge in [-0.1, -0.05) is 42.0 Å². The molecule has 192 valence electrons. The minimum atomic E-state index is -3.76. The van der Waals surface area contributed by atoms with Crippen LogP contribution < -0.4 is 9.62 Å². The van der Waals surface area contributed by atoms with Crippen LogP contribution in [0.1, 0.15) is 51.7 Å². The molecule has 2 aromatic carbocycles. The molecule has 35 heavy (non-hydrogen) atoms. The summed E-state index contributed by atoms with van der Waals surface area (Å²) in [6.45, 7) is 9.42. The van der Waals surface area contributed by atoms with Crippen LogP contribution in [0.25, 0.3) is 0 Å². The van der Waals surface area contributed by atoms with Crippen LogP contribution in [0.2, 0.25) is 0 Å². The third-order valence-corrected chi connectivity index (χ3v) is 6.59. The van der Waals surface area contributed by atoms with Crippen molar-refractivity contribution >= 4 is 27.5 Å². The molecule has 1 N–H and O–H groups in total. The maximum Gasteiger partial charge on any atom is 0.242 e. The van der Waals surface area contributed by atoms with Crippen LogP contribution in [0.4, 0.5) is 10.1 Å². The van der Waals surface area contributed by atoms with E-state index in [2.05, 4.69) is 5.32 Å². The van der Waals surface area contributed by atoms with Crippen molar-refractivity contribution in [3.8, 4) is 0 Å². The Labute approximate surface area is 208 Å². The monoisotopic (exact) mass is 505 g/mol. The standard InChI is InChI=1S/C26H36FN3O4S/c1-19-13-15-21(16-14-19)18-29(20(2)25(32)28-26(3,4)5)24(31)12-9-17-30(35(6,33)34)23-11-8-7-10-22(23)27/h7-8,10-11,13-16,20H,9,12,17-18H2,1-6H3,(H,28,32)/t20-/m0/s1. The van der Waals surface area contributed by atoms with E-state index in [0.29, 0.717) is 0 Å². The molecule has 2 aromatic rings.